The molecule has 0 aromatic heterocycles. The van der Waals surface area contributed by atoms with Crippen LogP contribution in [0.5, 0.6) is 0 Å². The third-order valence-electron chi connectivity index (χ3n) is 4.54. The predicted molar refractivity (Wildman–Crippen MR) is 110 cm³/mol. The van der Waals surface area contributed by atoms with Gasteiger partial charge in [0, 0.05) is 18.5 Å². The van der Waals surface area contributed by atoms with E-state index in [0.717, 1.165) is 18.4 Å². The number of halogens is 2. The van der Waals surface area contributed by atoms with Crippen LogP contribution >= 0.6 is 24.0 Å². The van der Waals surface area contributed by atoms with Crippen LogP contribution in [0.1, 0.15) is 39.2 Å². The van der Waals surface area contributed by atoms with Gasteiger partial charge in [0.2, 0.25) is 5.91 Å². The summed E-state index contributed by atoms with van der Waals surface area (Å²) in [6, 6.07) is 6.93. The van der Waals surface area contributed by atoms with Crippen molar-refractivity contribution in [1.29, 1.82) is 0 Å². The highest BCUT2D eigenvalue weighted by Gasteiger charge is 2.45. The number of primary amides is 1. The average molecular weight is 462 g/mol. The highest BCUT2D eigenvalue weighted by atomic mass is 127. The normalized spacial score (nSPS) is 15.9. The first-order valence-corrected chi connectivity index (χ1v) is 8.38. The number of hydrogen-bond donors (Lipinski definition) is 3. The molecule has 1 saturated carbocycles. The van der Waals surface area contributed by atoms with Crippen LogP contribution in [0.15, 0.2) is 29.3 Å². The molecule has 0 aliphatic heterocycles. The van der Waals surface area contributed by atoms with Gasteiger partial charge in [0.05, 0.1) is 12.0 Å². The molecule has 0 bridgehead atoms. The van der Waals surface area contributed by atoms with E-state index >= 15 is 0 Å². The van der Waals surface area contributed by atoms with Gasteiger partial charge >= 0.3 is 0 Å². The van der Waals surface area contributed by atoms with Gasteiger partial charge in [0.15, 0.2) is 5.96 Å². The van der Waals surface area contributed by atoms with E-state index in [-0.39, 0.29) is 41.1 Å². The number of nitrogens with two attached hydrogens (primary N) is 1. The molecule has 0 spiro atoms. The van der Waals surface area contributed by atoms with Crippen LogP contribution in [0.4, 0.5) is 4.39 Å². The lowest BCUT2D eigenvalue weighted by molar-refractivity contribution is -0.125. The number of carbonyl (C=O) groups is 1. The monoisotopic (exact) mass is 462 g/mol. The molecular formula is C18H28FIN4O. The zero-order valence-corrected chi connectivity index (χ0v) is 17.4. The highest BCUT2D eigenvalue weighted by molar-refractivity contribution is 14.0. The lowest BCUT2D eigenvalue weighted by Crippen LogP contribution is -2.43. The molecule has 1 aliphatic carbocycles. The lowest BCUT2D eigenvalue weighted by atomic mass is 9.93. The maximum atomic E-state index is 14.1. The minimum atomic E-state index is -0.703. The Labute approximate surface area is 166 Å². The van der Waals surface area contributed by atoms with Crippen molar-refractivity contribution in [2.45, 2.75) is 39.0 Å². The number of benzene rings is 1. The number of rotatable bonds is 7. The van der Waals surface area contributed by atoms with Gasteiger partial charge in [-0.15, -0.1) is 24.0 Å². The van der Waals surface area contributed by atoms with Crippen molar-refractivity contribution in [1.82, 2.24) is 10.6 Å². The first kappa shape index (κ1) is 21.7. The molecule has 0 radical (unpaired) electrons. The van der Waals surface area contributed by atoms with Crippen molar-refractivity contribution in [2.75, 3.05) is 19.6 Å². The van der Waals surface area contributed by atoms with E-state index in [4.69, 9.17) is 5.73 Å². The summed E-state index contributed by atoms with van der Waals surface area (Å²) in [5, 5.41) is 6.43. The first-order valence-electron chi connectivity index (χ1n) is 8.38. The fraction of sp³-hybridized carbons (Fsp3) is 0.556. The third kappa shape index (κ3) is 5.55. The SMILES string of the molecule is CCNC(=NCC(C)(C)C(N)=O)NCC1(c2ccccc2F)CC1.I. The maximum absolute atomic E-state index is 14.1. The number of amides is 1. The molecule has 0 heterocycles. The minimum Gasteiger partial charge on any atom is -0.369 e. The Morgan fingerprint density at radius 2 is 1.96 bits per heavy atom. The summed E-state index contributed by atoms with van der Waals surface area (Å²) in [5.74, 6) is 0.0789. The van der Waals surface area contributed by atoms with E-state index in [9.17, 15) is 9.18 Å². The van der Waals surface area contributed by atoms with Crippen LogP contribution < -0.4 is 16.4 Å². The van der Waals surface area contributed by atoms with Crippen LogP contribution in [0.3, 0.4) is 0 Å². The smallest absolute Gasteiger partial charge is 0.224 e. The second kappa shape index (κ2) is 8.82. The van der Waals surface area contributed by atoms with Crippen molar-refractivity contribution in [2.24, 2.45) is 16.1 Å². The summed E-state index contributed by atoms with van der Waals surface area (Å²) < 4.78 is 14.1. The van der Waals surface area contributed by atoms with Crippen LogP contribution in [0.2, 0.25) is 0 Å². The minimum absolute atomic E-state index is 0. The summed E-state index contributed by atoms with van der Waals surface area (Å²) in [6.07, 6.45) is 1.90. The molecule has 1 aromatic carbocycles. The summed E-state index contributed by atoms with van der Waals surface area (Å²) in [6.45, 7) is 7.12. The van der Waals surface area contributed by atoms with Crippen molar-refractivity contribution < 1.29 is 9.18 Å². The molecule has 1 fully saturated rings. The Balaban J connectivity index is 0.00000312. The Hall–Kier alpha value is -1.38. The number of guanidine groups is 1. The van der Waals surface area contributed by atoms with Crippen LogP contribution in [-0.2, 0) is 10.2 Å². The summed E-state index contributed by atoms with van der Waals surface area (Å²) in [5.41, 5.74) is 5.27. The average Bonchev–Trinajstić information content (AvgIpc) is 3.31. The fourth-order valence-electron chi connectivity index (χ4n) is 2.53. The van der Waals surface area contributed by atoms with E-state index in [2.05, 4.69) is 15.6 Å². The van der Waals surface area contributed by atoms with Gasteiger partial charge in [0.1, 0.15) is 5.82 Å². The number of nitrogens with one attached hydrogen (secondary N) is 2. The largest absolute Gasteiger partial charge is 0.369 e. The van der Waals surface area contributed by atoms with E-state index in [1.54, 1.807) is 19.9 Å². The first-order chi connectivity index (χ1) is 11.3. The second-order valence-electron chi connectivity index (χ2n) is 7.06. The van der Waals surface area contributed by atoms with Gasteiger partial charge in [-0.2, -0.15) is 0 Å². The zero-order valence-electron chi connectivity index (χ0n) is 15.1. The van der Waals surface area contributed by atoms with Gasteiger partial charge in [-0.05, 0) is 45.2 Å². The summed E-state index contributed by atoms with van der Waals surface area (Å²) >= 11 is 0. The number of hydrogen-bond acceptors (Lipinski definition) is 2. The number of nitrogens with zero attached hydrogens (tertiary/aromatic N) is 1. The predicted octanol–water partition coefficient (Wildman–Crippen LogP) is 2.54. The molecule has 2 rings (SSSR count). The van der Waals surface area contributed by atoms with E-state index in [1.807, 2.05) is 19.1 Å². The van der Waals surface area contributed by atoms with Gasteiger partial charge in [-0.25, -0.2) is 4.39 Å². The molecule has 0 unspecified atom stereocenters. The number of carbonyl (C=O) groups excluding carboxylic acids is 1. The van der Waals surface area contributed by atoms with Gasteiger partial charge in [-0.3, -0.25) is 9.79 Å². The molecule has 1 aromatic rings. The highest BCUT2D eigenvalue weighted by Crippen LogP contribution is 2.48. The topological polar surface area (TPSA) is 79.5 Å². The Kier molecular flexibility index (Phi) is 7.64. The van der Waals surface area contributed by atoms with E-state index < -0.39 is 5.41 Å². The lowest BCUT2D eigenvalue weighted by Gasteiger charge is -2.21. The van der Waals surface area contributed by atoms with Crippen LogP contribution in [0.25, 0.3) is 0 Å². The van der Waals surface area contributed by atoms with Gasteiger partial charge < -0.3 is 16.4 Å². The quantitative estimate of drug-likeness (QED) is 0.331. The van der Waals surface area contributed by atoms with Crippen LogP contribution in [0, 0.1) is 11.2 Å². The van der Waals surface area contributed by atoms with E-state index in [0.29, 0.717) is 25.6 Å². The molecule has 5 nitrogen and oxygen atoms in total. The fourth-order valence-corrected chi connectivity index (χ4v) is 2.53. The van der Waals surface area contributed by atoms with Crippen molar-refractivity contribution in [3.05, 3.63) is 35.6 Å². The summed E-state index contributed by atoms with van der Waals surface area (Å²) in [4.78, 5) is 15.9. The Morgan fingerprint density at radius 3 is 2.48 bits per heavy atom. The Morgan fingerprint density at radius 1 is 1.32 bits per heavy atom. The molecule has 4 N–H and O–H groups in total. The third-order valence-corrected chi connectivity index (χ3v) is 4.54. The molecule has 0 saturated heterocycles. The molecule has 1 aliphatic rings. The standard InChI is InChI=1S/C18H27FN4O.HI/c1-4-21-16(22-11-17(2,3)15(20)24)23-12-18(9-10-18)13-7-5-6-8-14(13)19;/h5-8H,4,9-12H2,1-3H3,(H2,20,24)(H2,21,22,23);1H. The molecule has 0 atom stereocenters. The molecule has 140 valence electrons. The van der Waals surface area contributed by atoms with E-state index in [1.165, 1.54) is 6.07 Å². The zero-order chi connectivity index (χ0) is 17.8. The van der Waals surface area contributed by atoms with Crippen molar-refractivity contribution in [3.63, 3.8) is 0 Å². The molecular weight excluding hydrogens is 434 g/mol. The van der Waals surface area contributed by atoms with Crippen molar-refractivity contribution in [3.8, 4) is 0 Å². The summed E-state index contributed by atoms with van der Waals surface area (Å²) in [7, 11) is 0. The Bertz CT molecular complexity index is 629. The van der Waals surface area contributed by atoms with Gasteiger partial charge in [-0.1, -0.05) is 18.2 Å². The maximum Gasteiger partial charge on any atom is 0.224 e. The van der Waals surface area contributed by atoms with Crippen molar-refractivity contribution >= 4 is 35.8 Å². The molecule has 1 amide bonds. The van der Waals surface area contributed by atoms with Crippen LogP contribution in [-0.4, -0.2) is 31.5 Å². The molecule has 7 heteroatoms. The number of aliphatic imine (C=N–C) groups is 1. The molecule has 25 heavy (non-hydrogen) atoms. The van der Waals surface area contributed by atoms with Gasteiger partial charge in [0.25, 0.3) is 0 Å². The second-order valence-corrected chi connectivity index (χ2v) is 7.06.